The van der Waals surface area contributed by atoms with Crippen LogP contribution in [-0.4, -0.2) is 42.0 Å². The van der Waals surface area contributed by atoms with Crippen molar-refractivity contribution < 1.29 is 34.0 Å². The van der Waals surface area contributed by atoms with Crippen LogP contribution in [0.3, 0.4) is 0 Å². The average molecular weight is 294 g/mol. The topological polar surface area (TPSA) is 97.8 Å². The van der Waals surface area contributed by atoms with Crippen molar-refractivity contribution >= 4 is 5.97 Å². The lowest BCUT2D eigenvalue weighted by molar-refractivity contribution is -0.169. The van der Waals surface area contributed by atoms with E-state index in [2.05, 4.69) is 4.74 Å². The number of carbonyl (C=O) groups excluding carboxylic acids is 1. The zero-order valence-electron chi connectivity index (χ0n) is 11.2. The Balaban J connectivity index is 1.63. The number of aliphatic hydroxyl groups excluding tert-OH is 2. The number of esters is 1. The summed E-state index contributed by atoms with van der Waals surface area (Å²) >= 11 is 0. The second kappa shape index (κ2) is 5.27. The second-order valence-electron chi connectivity index (χ2n) is 4.66. The fourth-order valence-corrected chi connectivity index (χ4v) is 1.97. The molecule has 1 aromatic carbocycles. The summed E-state index contributed by atoms with van der Waals surface area (Å²) in [5, 5.41) is 19.4. The predicted molar refractivity (Wildman–Crippen MR) is 68.2 cm³/mol. The fourth-order valence-electron chi connectivity index (χ4n) is 1.97. The van der Waals surface area contributed by atoms with E-state index in [1.807, 2.05) is 0 Å². The first-order chi connectivity index (χ1) is 10.1. The Labute approximate surface area is 120 Å². The number of carbonyl (C=O) groups is 1. The number of benzene rings is 1. The molecule has 2 unspecified atom stereocenters. The molecule has 1 saturated heterocycles. The molecule has 2 heterocycles. The summed E-state index contributed by atoms with van der Waals surface area (Å²) in [4.78, 5) is 11.1. The summed E-state index contributed by atoms with van der Waals surface area (Å²) in [7, 11) is 1.33. The van der Waals surface area contributed by atoms with Crippen molar-refractivity contribution in [3.8, 4) is 5.75 Å². The highest BCUT2D eigenvalue weighted by Crippen LogP contribution is 2.38. The molecule has 0 bridgehead atoms. The standard InChI is InChI=1S/C14H14O7/c1-18-9(15)6-7-2-4-8(5-3-7)19-13-11(17)10(16)12-14(20-12)21-13/h2-5,11,13-14,16-17H,6H2,1H3/t11?,13-,14?/m1/s1. The van der Waals surface area contributed by atoms with Gasteiger partial charge in [-0.25, -0.2) is 0 Å². The van der Waals surface area contributed by atoms with Gasteiger partial charge in [-0.2, -0.15) is 0 Å². The normalized spacial score (nSPS) is 26.7. The highest BCUT2D eigenvalue weighted by atomic mass is 16.8. The van der Waals surface area contributed by atoms with Crippen molar-refractivity contribution in [3.63, 3.8) is 0 Å². The minimum absolute atomic E-state index is 0.169. The first-order valence-corrected chi connectivity index (χ1v) is 6.34. The van der Waals surface area contributed by atoms with Crippen LogP contribution in [0.15, 0.2) is 35.8 Å². The van der Waals surface area contributed by atoms with Crippen molar-refractivity contribution in [2.45, 2.75) is 25.1 Å². The van der Waals surface area contributed by atoms with Crippen molar-refractivity contribution in [1.29, 1.82) is 0 Å². The molecule has 21 heavy (non-hydrogen) atoms. The number of rotatable bonds is 4. The Morgan fingerprint density at radius 3 is 2.71 bits per heavy atom. The SMILES string of the molecule is COC(=O)Cc1ccc(O[C@@H]2OC3OC3=C(O)C2O)cc1. The Hall–Kier alpha value is -2.25. The van der Waals surface area contributed by atoms with Gasteiger partial charge in [-0.15, -0.1) is 0 Å². The monoisotopic (exact) mass is 294 g/mol. The highest BCUT2D eigenvalue weighted by molar-refractivity contribution is 5.72. The van der Waals surface area contributed by atoms with E-state index in [0.717, 1.165) is 5.56 Å². The smallest absolute Gasteiger partial charge is 0.309 e. The minimum atomic E-state index is -1.30. The first kappa shape index (κ1) is 13.7. The van der Waals surface area contributed by atoms with Crippen molar-refractivity contribution in [2.75, 3.05) is 7.11 Å². The van der Waals surface area contributed by atoms with Gasteiger partial charge in [0.05, 0.1) is 13.5 Å². The van der Waals surface area contributed by atoms with Crippen LogP contribution in [0.25, 0.3) is 0 Å². The van der Waals surface area contributed by atoms with Crippen LogP contribution in [0, 0.1) is 0 Å². The molecule has 3 rings (SSSR count). The third-order valence-electron chi connectivity index (χ3n) is 3.19. The molecule has 7 nitrogen and oxygen atoms in total. The van der Waals surface area contributed by atoms with Gasteiger partial charge in [-0.05, 0) is 17.7 Å². The summed E-state index contributed by atoms with van der Waals surface area (Å²) < 4.78 is 20.2. The van der Waals surface area contributed by atoms with Gasteiger partial charge in [0.2, 0.25) is 12.0 Å². The number of aliphatic hydroxyl groups is 2. The number of hydrogen-bond acceptors (Lipinski definition) is 7. The van der Waals surface area contributed by atoms with E-state index in [1.54, 1.807) is 24.3 Å². The lowest BCUT2D eigenvalue weighted by Gasteiger charge is -2.24. The number of ether oxygens (including phenoxy) is 4. The van der Waals surface area contributed by atoms with Crippen LogP contribution in [0.5, 0.6) is 5.75 Å². The van der Waals surface area contributed by atoms with Crippen LogP contribution in [0.2, 0.25) is 0 Å². The fraction of sp³-hybridized carbons (Fsp3) is 0.357. The largest absolute Gasteiger partial charge is 0.506 e. The molecule has 2 aliphatic heterocycles. The Bertz CT molecular complexity index is 577. The van der Waals surface area contributed by atoms with Gasteiger partial charge >= 0.3 is 5.97 Å². The molecule has 0 amide bonds. The summed E-state index contributed by atoms with van der Waals surface area (Å²) in [6.07, 6.45) is -2.82. The van der Waals surface area contributed by atoms with Crippen LogP contribution in [0.1, 0.15) is 5.56 Å². The first-order valence-electron chi connectivity index (χ1n) is 6.34. The van der Waals surface area contributed by atoms with Gasteiger partial charge in [-0.3, -0.25) is 9.53 Å². The molecule has 0 radical (unpaired) electrons. The molecule has 0 spiro atoms. The van der Waals surface area contributed by atoms with Crippen LogP contribution >= 0.6 is 0 Å². The zero-order valence-corrected chi connectivity index (χ0v) is 11.2. The molecule has 0 aromatic heterocycles. The van der Waals surface area contributed by atoms with Crippen molar-refractivity contribution in [3.05, 3.63) is 41.3 Å². The third kappa shape index (κ3) is 2.79. The Morgan fingerprint density at radius 1 is 1.33 bits per heavy atom. The second-order valence-corrected chi connectivity index (χ2v) is 4.66. The van der Waals surface area contributed by atoms with E-state index in [1.165, 1.54) is 7.11 Å². The van der Waals surface area contributed by atoms with E-state index in [4.69, 9.17) is 14.2 Å². The Kier molecular flexibility index (Phi) is 3.44. The van der Waals surface area contributed by atoms with Crippen molar-refractivity contribution in [1.82, 2.24) is 0 Å². The maximum absolute atomic E-state index is 11.1. The number of hydrogen-bond donors (Lipinski definition) is 2. The van der Waals surface area contributed by atoms with Crippen LogP contribution < -0.4 is 4.74 Å². The summed E-state index contributed by atoms with van der Waals surface area (Å²) in [6.45, 7) is 0. The van der Waals surface area contributed by atoms with E-state index in [-0.39, 0.29) is 23.9 Å². The lowest BCUT2D eigenvalue weighted by Crippen LogP contribution is -2.39. The van der Waals surface area contributed by atoms with Crippen LogP contribution in [-0.2, 0) is 25.4 Å². The maximum atomic E-state index is 11.1. The van der Waals surface area contributed by atoms with Crippen molar-refractivity contribution in [2.24, 2.45) is 0 Å². The van der Waals surface area contributed by atoms with E-state index in [9.17, 15) is 15.0 Å². The molecule has 1 fully saturated rings. The van der Waals surface area contributed by atoms with Gasteiger partial charge in [0.25, 0.3) is 6.29 Å². The maximum Gasteiger partial charge on any atom is 0.309 e. The Morgan fingerprint density at radius 2 is 2.05 bits per heavy atom. The minimum Gasteiger partial charge on any atom is -0.506 e. The quantitative estimate of drug-likeness (QED) is 0.620. The molecule has 2 aliphatic rings. The average Bonchev–Trinajstić information content (AvgIpc) is 3.26. The molecule has 112 valence electrons. The zero-order chi connectivity index (χ0) is 15.0. The lowest BCUT2D eigenvalue weighted by atomic mass is 10.1. The summed E-state index contributed by atoms with van der Waals surface area (Å²) in [5.41, 5.74) is 0.773. The molecular formula is C14H14O7. The third-order valence-corrected chi connectivity index (χ3v) is 3.19. The van der Waals surface area contributed by atoms with Gasteiger partial charge in [0.1, 0.15) is 5.75 Å². The van der Waals surface area contributed by atoms with Crippen LogP contribution in [0.4, 0.5) is 0 Å². The van der Waals surface area contributed by atoms with E-state index >= 15 is 0 Å². The van der Waals surface area contributed by atoms with Gasteiger partial charge in [-0.1, -0.05) is 12.1 Å². The molecule has 0 aliphatic carbocycles. The van der Waals surface area contributed by atoms with Gasteiger partial charge in [0.15, 0.2) is 11.9 Å². The predicted octanol–water partition coefficient (Wildman–Crippen LogP) is 0.624. The van der Waals surface area contributed by atoms with E-state index in [0.29, 0.717) is 5.75 Å². The van der Waals surface area contributed by atoms with E-state index < -0.39 is 18.7 Å². The number of epoxide rings is 1. The summed E-state index contributed by atoms with van der Waals surface area (Å²) in [6, 6.07) is 6.68. The molecule has 1 aromatic rings. The number of methoxy groups -OCH3 is 1. The highest BCUT2D eigenvalue weighted by Gasteiger charge is 2.50. The van der Waals surface area contributed by atoms with Gasteiger partial charge in [0, 0.05) is 0 Å². The molecule has 7 heteroatoms. The molecule has 3 atom stereocenters. The number of fused-ring (bicyclic) bond motifs is 1. The molecular weight excluding hydrogens is 280 g/mol. The van der Waals surface area contributed by atoms with Gasteiger partial charge < -0.3 is 24.4 Å². The molecule has 0 saturated carbocycles. The summed E-state index contributed by atoms with van der Waals surface area (Å²) in [5.74, 6) is 0.0853. The molecule has 2 N–H and O–H groups in total.